The summed E-state index contributed by atoms with van der Waals surface area (Å²) in [5.41, 5.74) is 2.90. The van der Waals surface area contributed by atoms with Gasteiger partial charge in [0, 0.05) is 21.8 Å². The van der Waals surface area contributed by atoms with E-state index in [9.17, 15) is 4.39 Å². The van der Waals surface area contributed by atoms with Crippen LogP contribution in [0, 0.1) is 12.7 Å². The van der Waals surface area contributed by atoms with Gasteiger partial charge in [-0.05, 0) is 30.7 Å². The molecule has 0 saturated heterocycles. The maximum absolute atomic E-state index is 13.6. The number of halogens is 1. The average molecular weight is 290 g/mol. The number of thioether (sulfide) groups is 1. The molecule has 0 fully saturated rings. The van der Waals surface area contributed by atoms with Crippen molar-refractivity contribution in [1.82, 2.24) is 0 Å². The molecule has 4 heteroatoms. The molecule has 0 aromatic heterocycles. The second kappa shape index (κ2) is 5.85. The molecule has 0 unspecified atom stereocenters. The zero-order valence-electron chi connectivity index (χ0n) is 11.2. The lowest BCUT2D eigenvalue weighted by atomic mass is 10.1. The van der Waals surface area contributed by atoms with Gasteiger partial charge in [0.25, 0.3) is 0 Å². The maximum atomic E-state index is 13.6. The minimum Gasteiger partial charge on any atom is -0.467 e. The van der Waals surface area contributed by atoms with E-state index in [1.807, 2.05) is 12.1 Å². The number of hydrogen-bond donors (Lipinski definition) is 0. The second-order valence-corrected chi connectivity index (χ2v) is 5.74. The zero-order valence-corrected chi connectivity index (χ0v) is 12.0. The van der Waals surface area contributed by atoms with Crippen LogP contribution in [0.15, 0.2) is 41.3 Å². The van der Waals surface area contributed by atoms with Crippen LogP contribution in [-0.4, -0.2) is 6.79 Å². The summed E-state index contributed by atoms with van der Waals surface area (Å²) in [4.78, 5) is 1.21. The van der Waals surface area contributed by atoms with Gasteiger partial charge in [-0.1, -0.05) is 18.2 Å². The molecule has 0 aliphatic carbocycles. The van der Waals surface area contributed by atoms with Crippen LogP contribution in [0.2, 0.25) is 0 Å². The number of benzene rings is 2. The maximum Gasteiger partial charge on any atom is 0.189 e. The molecule has 0 atom stereocenters. The van der Waals surface area contributed by atoms with E-state index in [1.54, 1.807) is 17.8 Å². The van der Waals surface area contributed by atoms with Crippen molar-refractivity contribution in [1.29, 1.82) is 0 Å². The van der Waals surface area contributed by atoms with E-state index in [4.69, 9.17) is 9.47 Å². The molecule has 0 bridgehead atoms. The Morgan fingerprint density at radius 2 is 2.10 bits per heavy atom. The predicted molar refractivity (Wildman–Crippen MR) is 77.4 cm³/mol. The fourth-order valence-electron chi connectivity index (χ4n) is 2.24. The fourth-order valence-corrected chi connectivity index (χ4v) is 3.23. The Kier molecular flexibility index (Phi) is 3.94. The van der Waals surface area contributed by atoms with Gasteiger partial charge in [0.2, 0.25) is 0 Å². The highest BCUT2D eigenvalue weighted by molar-refractivity contribution is 7.98. The SMILES string of the molecule is Cc1ccccc1SCc1cc(F)cc2c1OCOC2. The molecule has 2 aromatic rings. The number of rotatable bonds is 3. The van der Waals surface area contributed by atoms with E-state index in [0.29, 0.717) is 12.4 Å². The smallest absolute Gasteiger partial charge is 0.189 e. The van der Waals surface area contributed by atoms with Gasteiger partial charge in [0.15, 0.2) is 6.79 Å². The summed E-state index contributed by atoms with van der Waals surface area (Å²) >= 11 is 1.69. The minimum absolute atomic E-state index is 0.237. The molecule has 2 nitrogen and oxygen atoms in total. The molecule has 0 spiro atoms. The summed E-state index contributed by atoms with van der Waals surface area (Å²) in [6.45, 7) is 2.73. The summed E-state index contributed by atoms with van der Waals surface area (Å²) in [6.07, 6.45) is 0. The van der Waals surface area contributed by atoms with Crippen molar-refractivity contribution in [2.75, 3.05) is 6.79 Å². The topological polar surface area (TPSA) is 18.5 Å². The third kappa shape index (κ3) is 2.81. The molecule has 1 aliphatic rings. The lowest BCUT2D eigenvalue weighted by molar-refractivity contribution is -0.0171. The molecule has 0 N–H and O–H groups in total. The molecule has 2 aromatic carbocycles. The molecule has 0 amide bonds. The largest absolute Gasteiger partial charge is 0.467 e. The Morgan fingerprint density at radius 1 is 1.25 bits per heavy atom. The Labute approximate surface area is 121 Å². The van der Waals surface area contributed by atoms with Gasteiger partial charge in [-0.3, -0.25) is 0 Å². The third-order valence-electron chi connectivity index (χ3n) is 3.23. The Bertz CT molecular complexity index is 628. The molecule has 0 saturated carbocycles. The van der Waals surface area contributed by atoms with E-state index in [1.165, 1.54) is 16.5 Å². The van der Waals surface area contributed by atoms with Gasteiger partial charge < -0.3 is 9.47 Å². The van der Waals surface area contributed by atoms with Crippen molar-refractivity contribution < 1.29 is 13.9 Å². The first-order valence-corrected chi connectivity index (χ1v) is 7.43. The fraction of sp³-hybridized carbons (Fsp3) is 0.250. The van der Waals surface area contributed by atoms with Crippen LogP contribution in [0.1, 0.15) is 16.7 Å². The van der Waals surface area contributed by atoms with E-state index in [0.717, 1.165) is 16.9 Å². The Balaban J connectivity index is 1.84. The standard InChI is InChI=1S/C16H15FO2S/c1-11-4-2-3-5-15(11)20-9-13-7-14(17)6-12-8-18-10-19-16(12)13/h2-7H,8-10H2,1H3. The molecule has 20 heavy (non-hydrogen) atoms. The summed E-state index contributed by atoms with van der Waals surface area (Å²) < 4.78 is 24.4. The molecule has 1 aliphatic heterocycles. The van der Waals surface area contributed by atoms with Crippen molar-refractivity contribution >= 4 is 11.8 Å². The highest BCUT2D eigenvalue weighted by Crippen LogP contribution is 2.34. The monoisotopic (exact) mass is 290 g/mol. The van der Waals surface area contributed by atoms with E-state index in [2.05, 4.69) is 19.1 Å². The Hall–Kier alpha value is -1.52. The van der Waals surface area contributed by atoms with Crippen molar-refractivity contribution in [2.45, 2.75) is 24.2 Å². The average Bonchev–Trinajstić information content (AvgIpc) is 2.46. The number of fused-ring (bicyclic) bond motifs is 1. The van der Waals surface area contributed by atoms with Gasteiger partial charge in [-0.15, -0.1) is 11.8 Å². The normalized spacial score (nSPS) is 13.7. The van der Waals surface area contributed by atoms with Crippen molar-refractivity contribution in [3.05, 3.63) is 58.9 Å². The molecule has 1 heterocycles. The quantitative estimate of drug-likeness (QED) is 0.786. The molecular weight excluding hydrogens is 275 g/mol. The van der Waals surface area contributed by atoms with Crippen LogP contribution in [0.25, 0.3) is 0 Å². The van der Waals surface area contributed by atoms with Crippen molar-refractivity contribution in [3.8, 4) is 5.75 Å². The number of hydrogen-bond acceptors (Lipinski definition) is 3. The molecule has 104 valence electrons. The van der Waals surface area contributed by atoms with Crippen LogP contribution < -0.4 is 4.74 Å². The number of ether oxygens (including phenoxy) is 2. The predicted octanol–water partition coefficient (Wildman–Crippen LogP) is 4.29. The first-order valence-electron chi connectivity index (χ1n) is 6.44. The van der Waals surface area contributed by atoms with Gasteiger partial charge in [0.1, 0.15) is 11.6 Å². The van der Waals surface area contributed by atoms with E-state index in [-0.39, 0.29) is 12.6 Å². The van der Waals surface area contributed by atoms with Crippen LogP contribution in [0.4, 0.5) is 4.39 Å². The summed E-state index contributed by atoms with van der Waals surface area (Å²) in [7, 11) is 0. The summed E-state index contributed by atoms with van der Waals surface area (Å²) in [6, 6.07) is 11.2. The van der Waals surface area contributed by atoms with E-state index < -0.39 is 0 Å². The Morgan fingerprint density at radius 3 is 2.95 bits per heavy atom. The second-order valence-electron chi connectivity index (χ2n) is 4.72. The van der Waals surface area contributed by atoms with E-state index >= 15 is 0 Å². The van der Waals surface area contributed by atoms with Gasteiger partial charge in [-0.2, -0.15) is 0 Å². The lowest BCUT2D eigenvalue weighted by Gasteiger charge is -2.20. The molecule has 0 radical (unpaired) electrons. The highest BCUT2D eigenvalue weighted by Gasteiger charge is 2.17. The zero-order chi connectivity index (χ0) is 13.9. The van der Waals surface area contributed by atoms with Crippen molar-refractivity contribution in [2.24, 2.45) is 0 Å². The first-order chi connectivity index (χ1) is 9.74. The van der Waals surface area contributed by atoms with Gasteiger partial charge in [0.05, 0.1) is 6.61 Å². The molecule has 3 rings (SSSR count). The van der Waals surface area contributed by atoms with Gasteiger partial charge in [-0.25, -0.2) is 4.39 Å². The van der Waals surface area contributed by atoms with Crippen LogP contribution in [-0.2, 0) is 17.1 Å². The molecular formula is C16H15FO2S. The summed E-state index contributed by atoms with van der Waals surface area (Å²) in [5, 5.41) is 0. The number of aryl methyl sites for hydroxylation is 1. The van der Waals surface area contributed by atoms with Gasteiger partial charge >= 0.3 is 0 Å². The first kappa shape index (κ1) is 13.5. The van der Waals surface area contributed by atoms with Crippen molar-refractivity contribution in [3.63, 3.8) is 0 Å². The van der Waals surface area contributed by atoms with Crippen LogP contribution in [0.3, 0.4) is 0 Å². The lowest BCUT2D eigenvalue weighted by Crippen LogP contribution is -2.13. The minimum atomic E-state index is -0.238. The third-order valence-corrected chi connectivity index (χ3v) is 4.45. The van der Waals surface area contributed by atoms with Crippen LogP contribution in [0.5, 0.6) is 5.75 Å². The van der Waals surface area contributed by atoms with Crippen LogP contribution >= 0.6 is 11.8 Å². The summed E-state index contributed by atoms with van der Waals surface area (Å²) in [5.74, 6) is 1.22. The highest BCUT2D eigenvalue weighted by atomic mass is 32.2.